The van der Waals surface area contributed by atoms with Crippen LogP contribution in [0, 0.1) is 0 Å². The monoisotopic (exact) mass is 262 g/mol. The minimum Gasteiger partial charge on any atom is -0.301 e. The van der Waals surface area contributed by atoms with Gasteiger partial charge in [0.2, 0.25) is 10.0 Å². The molecule has 0 saturated heterocycles. The average molecular weight is 262 g/mol. The summed E-state index contributed by atoms with van der Waals surface area (Å²) in [6, 6.07) is 2.11. The van der Waals surface area contributed by atoms with E-state index in [1.165, 1.54) is 0 Å². The van der Waals surface area contributed by atoms with Crippen molar-refractivity contribution in [2.24, 2.45) is 0 Å². The molecule has 0 aliphatic rings. The molecule has 0 unspecified atom stereocenters. The van der Waals surface area contributed by atoms with Crippen LogP contribution in [0.2, 0.25) is 0 Å². The summed E-state index contributed by atoms with van der Waals surface area (Å²) < 4.78 is 25.4. The molecule has 0 aromatic carbocycles. The first kappa shape index (κ1) is 13.6. The quantitative estimate of drug-likeness (QED) is 0.840. The number of rotatable bonds is 6. The molecule has 0 aliphatic heterocycles. The number of hydrogen-bond donors (Lipinski definition) is 1. The Labute approximate surface area is 101 Å². The predicted octanol–water partition coefficient (Wildman–Crippen LogP) is 1.29. The van der Waals surface area contributed by atoms with E-state index in [1.54, 1.807) is 18.3 Å². The van der Waals surface area contributed by atoms with Crippen molar-refractivity contribution in [2.45, 2.75) is 13.0 Å². The molecule has 6 heteroatoms. The SMILES string of the molecule is CCS(=O)(=O)NC[C@@H](c1ccsc1)N(C)C. The molecule has 0 spiro atoms. The van der Waals surface area contributed by atoms with Crippen molar-refractivity contribution in [3.05, 3.63) is 22.4 Å². The molecule has 0 radical (unpaired) electrons. The summed E-state index contributed by atoms with van der Waals surface area (Å²) in [5, 5.41) is 4.05. The highest BCUT2D eigenvalue weighted by Crippen LogP contribution is 2.20. The summed E-state index contributed by atoms with van der Waals surface area (Å²) >= 11 is 1.62. The van der Waals surface area contributed by atoms with E-state index in [0.717, 1.165) is 5.56 Å². The maximum atomic E-state index is 11.4. The average Bonchev–Trinajstić information content (AvgIpc) is 2.71. The van der Waals surface area contributed by atoms with Crippen LogP contribution in [0.15, 0.2) is 16.8 Å². The normalized spacial score (nSPS) is 14.2. The summed E-state index contributed by atoms with van der Waals surface area (Å²) in [4.78, 5) is 2.01. The van der Waals surface area contributed by atoms with Crippen molar-refractivity contribution in [1.82, 2.24) is 9.62 Å². The minimum atomic E-state index is -3.11. The van der Waals surface area contributed by atoms with Crippen LogP contribution in [0.5, 0.6) is 0 Å². The largest absolute Gasteiger partial charge is 0.301 e. The van der Waals surface area contributed by atoms with Gasteiger partial charge in [0.1, 0.15) is 0 Å². The van der Waals surface area contributed by atoms with Gasteiger partial charge in [0.05, 0.1) is 5.75 Å². The molecule has 0 saturated carbocycles. The van der Waals surface area contributed by atoms with Gasteiger partial charge in [0.25, 0.3) is 0 Å². The molecular formula is C10H18N2O2S2. The zero-order chi connectivity index (χ0) is 12.2. The summed E-state index contributed by atoms with van der Waals surface area (Å²) in [6.45, 7) is 2.05. The van der Waals surface area contributed by atoms with Gasteiger partial charge in [-0.25, -0.2) is 13.1 Å². The molecule has 1 rings (SSSR count). The Morgan fingerprint density at radius 1 is 1.50 bits per heavy atom. The Morgan fingerprint density at radius 3 is 2.62 bits per heavy atom. The molecular weight excluding hydrogens is 244 g/mol. The third-order valence-corrected chi connectivity index (χ3v) is 4.50. The number of nitrogens with one attached hydrogen (secondary N) is 1. The summed E-state index contributed by atoms with van der Waals surface area (Å²) in [6.07, 6.45) is 0. The van der Waals surface area contributed by atoms with Crippen molar-refractivity contribution < 1.29 is 8.42 Å². The first-order chi connectivity index (χ1) is 7.46. The third kappa shape index (κ3) is 3.86. The predicted molar refractivity (Wildman–Crippen MR) is 68.2 cm³/mol. The van der Waals surface area contributed by atoms with Crippen LogP contribution in [0.25, 0.3) is 0 Å². The van der Waals surface area contributed by atoms with Crippen LogP contribution in [0.3, 0.4) is 0 Å². The number of likely N-dealkylation sites (N-methyl/N-ethyl adjacent to an activating group) is 1. The molecule has 1 atom stereocenters. The van der Waals surface area contributed by atoms with E-state index in [4.69, 9.17) is 0 Å². The molecule has 1 heterocycles. The zero-order valence-corrected chi connectivity index (χ0v) is 11.4. The minimum absolute atomic E-state index is 0.0903. The fraction of sp³-hybridized carbons (Fsp3) is 0.600. The molecule has 1 aromatic heterocycles. The fourth-order valence-electron chi connectivity index (χ4n) is 1.37. The molecule has 0 aliphatic carbocycles. The van der Waals surface area contributed by atoms with Gasteiger partial charge >= 0.3 is 0 Å². The van der Waals surface area contributed by atoms with Crippen molar-refractivity contribution >= 4 is 21.4 Å². The van der Waals surface area contributed by atoms with Gasteiger partial charge in [-0.3, -0.25) is 0 Å². The van der Waals surface area contributed by atoms with Gasteiger partial charge in [0, 0.05) is 12.6 Å². The van der Waals surface area contributed by atoms with Crippen molar-refractivity contribution in [2.75, 3.05) is 26.4 Å². The summed E-state index contributed by atoms with van der Waals surface area (Å²) in [7, 11) is 0.782. The topological polar surface area (TPSA) is 49.4 Å². The molecule has 0 fully saturated rings. The van der Waals surface area contributed by atoms with Crippen molar-refractivity contribution in [3.63, 3.8) is 0 Å². The maximum Gasteiger partial charge on any atom is 0.211 e. The van der Waals surface area contributed by atoms with E-state index in [0.29, 0.717) is 6.54 Å². The fourth-order valence-corrected chi connectivity index (χ4v) is 2.69. The van der Waals surface area contributed by atoms with Crippen LogP contribution < -0.4 is 4.72 Å². The Balaban J connectivity index is 2.68. The first-order valence-electron chi connectivity index (χ1n) is 5.12. The second-order valence-electron chi connectivity index (χ2n) is 3.79. The number of sulfonamides is 1. The van der Waals surface area contributed by atoms with Gasteiger partial charge in [0.15, 0.2) is 0 Å². The zero-order valence-electron chi connectivity index (χ0n) is 9.80. The lowest BCUT2D eigenvalue weighted by molar-refractivity contribution is 0.300. The van der Waals surface area contributed by atoms with Crippen molar-refractivity contribution in [3.8, 4) is 0 Å². The Kier molecular flexibility index (Phi) is 4.91. The van der Waals surface area contributed by atoms with Gasteiger partial charge in [-0.05, 0) is 43.4 Å². The van der Waals surface area contributed by atoms with Gasteiger partial charge < -0.3 is 4.90 Å². The first-order valence-corrected chi connectivity index (χ1v) is 7.71. The standard InChI is InChI=1S/C10H18N2O2S2/c1-4-16(13,14)11-7-10(12(2)3)9-5-6-15-8-9/h5-6,8,10-11H,4,7H2,1-3H3/t10-/m0/s1. The van der Waals surface area contributed by atoms with E-state index in [1.807, 2.05) is 35.8 Å². The highest BCUT2D eigenvalue weighted by molar-refractivity contribution is 7.89. The molecule has 4 nitrogen and oxygen atoms in total. The Bertz CT molecular complexity index is 398. The second kappa shape index (κ2) is 5.77. The number of nitrogens with zero attached hydrogens (tertiary/aromatic N) is 1. The van der Waals surface area contributed by atoms with Crippen molar-refractivity contribution in [1.29, 1.82) is 0 Å². The van der Waals surface area contributed by atoms with E-state index in [2.05, 4.69) is 4.72 Å². The van der Waals surface area contributed by atoms with Crippen LogP contribution in [-0.4, -0.2) is 39.7 Å². The maximum absolute atomic E-state index is 11.4. The molecule has 16 heavy (non-hydrogen) atoms. The lowest BCUT2D eigenvalue weighted by Gasteiger charge is -2.23. The van der Waals surface area contributed by atoms with E-state index in [9.17, 15) is 8.42 Å². The Hall–Kier alpha value is -0.430. The molecule has 92 valence electrons. The van der Waals surface area contributed by atoms with Gasteiger partial charge in [-0.1, -0.05) is 0 Å². The highest BCUT2D eigenvalue weighted by atomic mass is 32.2. The van der Waals surface area contributed by atoms with E-state index in [-0.39, 0.29) is 11.8 Å². The van der Waals surface area contributed by atoms with Crippen LogP contribution >= 0.6 is 11.3 Å². The third-order valence-electron chi connectivity index (χ3n) is 2.43. The summed E-state index contributed by atoms with van der Waals surface area (Å²) in [5.74, 6) is 0.122. The van der Waals surface area contributed by atoms with Crippen LogP contribution in [0.4, 0.5) is 0 Å². The Morgan fingerprint density at radius 2 is 2.19 bits per heavy atom. The van der Waals surface area contributed by atoms with Crippen LogP contribution in [-0.2, 0) is 10.0 Å². The smallest absolute Gasteiger partial charge is 0.211 e. The lowest BCUT2D eigenvalue weighted by atomic mass is 10.1. The number of thiophene rings is 1. The van der Waals surface area contributed by atoms with Crippen LogP contribution in [0.1, 0.15) is 18.5 Å². The lowest BCUT2D eigenvalue weighted by Crippen LogP contribution is -2.35. The summed E-state index contributed by atoms with van der Waals surface area (Å²) in [5.41, 5.74) is 1.15. The van der Waals surface area contributed by atoms with Gasteiger partial charge in [-0.2, -0.15) is 11.3 Å². The molecule has 1 aromatic rings. The second-order valence-corrected chi connectivity index (χ2v) is 6.66. The molecule has 0 bridgehead atoms. The van der Waals surface area contributed by atoms with Gasteiger partial charge in [-0.15, -0.1) is 0 Å². The van der Waals surface area contributed by atoms with E-state index < -0.39 is 10.0 Å². The molecule has 1 N–H and O–H groups in total. The number of hydrogen-bond acceptors (Lipinski definition) is 4. The van der Waals surface area contributed by atoms with E-state index >= 15 is 0 Å². The highest BCUT2D eigenvalue weighted by Gasteiger charge is 2.17. The molecule has 0 amide bonds.